The topological polar surface area (TPSA) is 63.9 Å². The van der Waals surface area contributed by atoms with E-state index in [1.807, 2.05) is 66.0 Å². The van der Waals surface area contributed by atoms with Crippen molar-refractivity contribution in [2.24, 2.45) is 0 Å². The molecule has 28 heavy (non-hydrogen) atoms. The molecule has 2 heterocycles. The van der Waals surface area contributed by atoms with Gasteiger partial charge in [0.05, 0.1) is 17.6 Å². The monoisotopic (exact) mass is 387 g/mol. The molecule has 1 amide bonds. The van der Waals surface area contributed by atoms with Gasteiger partial charge in [-0.25, -0.2) is 4.98 Å². The third-order valence-electron chi connectivity index (χ3n) is 4.05. The van der Waals surface area contributed by atoms with Gasteiger partial charge in [0.1, 0.15) is 0 Å². The number of hydrogen-bond donors (Lipinski definition) is 0. The van der Waals surface area contributed by atoms with Crippen LogP contribution in [0, 0.1) is 0 Å². The molecule has 0 saturated heterocycles. The Kier molecular flexibility index (Phi) is 5.07. The van der Waals surface area contributed by atoms with Crippen LogP contribution in [0.5, 0.6) is 0 Å². The largest absolute Gasteiger partial charge is 0.282 e. The van der Waals surface area contributed by atoms with E-state index in [1.165, 1.54) is 22.3 Å². The van der Waals surface area contributed by atoms with Crippen LogP contribution in [0.2, 0.25) is 0 Å². The summed E-state index contributed by atoms with van der Waals surface area (Å²) in [5.41, 5.74) is 2.88. The summed E-state index contributed by atoms with van der Waals surface area (Å²) >= 11 is 1.41. The molecular formula is C21H17N5OS. The predicted octanol–water partition coefficient (Wildman–Crippen LogP) is 4.22. The van der Waals surface area contributed by atoms with Crippen molar-refractivity contribution < 1.29 is 4.79 Å². The molecule has 138 valence electrons. The highest BCUT2D eigenvalue weighted by molar-refractivity contribution is 7.14. The zero-order valence-electron chi connectivity index (χ0n) is 15.0. The number of carbonyl (C=O) groups excluding carboxylic acids is 1. The first-order valence-electron chi connectivity index (χ1n) is 8.68. The lowest BCUT2D eigenvalue weighted by atomic mass is 10.2. The van der Waals surface area contributed by atoms with Crippen molar-refractivity contribution in [3.8, 4) is 16.9 Å². The Labute approximate surface area is 166 Å². The molecule has 0 aliphatic rings. The van der Waals surface area contributed by atoms with E-state index >= 15 is 0 Å². The fourth-order valence-electron chi connectivity index (χ4n) is 2.69. The maximum absolute atomic E-state index is 13.1. The highest BCUT2D eigenvalue weighted by Crippen LogP contribution is 2.28. The van der Waals surface area contributed by atoms with Crippen LogP contribution < -0.4 is 4.90 Å². The third-order valence-corrected chi connectivity index (χ3v) is 4.91. The summed E-state index contributed by atoms with van der Waals surface area (Å²) in [5, 5.41) is 11.1. The highest BCUT2D eigenvalue weighted by atomic mass is 32.1. The summed E-state index contributed by atoms with van der Waals surface area (Å²) < 4.78 is 0. The van der Waals surface area contributed by atoms with Crippen LogP contribution in [-0.4, -0.2) is 32.4 Å². The Hall–Kier alpha value is -3.58. The van der Waals surface area contributed by atoms with Gasteiger partial charge in [-0.3, -0.25) is 9.69 Å². The molecule has 0 unspecified atom stereocenters. The molecule has 0 atom stereocenters. The van der Waals surface area contributed by atoms with E-state index in [1.54, 1.807) is 11.0 Å². The first kappa shape index (κ1) is 17.8. The Bertz CT molecular complexity index is 1090. The van der Waals surface area contributed by atoms with Crippen molar-refractivity contribution in [3.05, 3.63) is 90.6 Å². The van der Waals surface area contributed by atoms with Crippen LogP contribution in [0.3, 0.4) is 0 Å². The van der Waals surface area contributed by atoms with E-state index in [0.29, 0.717) is 11.7 Å². The molecule has 0 aliphatic heterocycles. The Morgan fingerprint density at radius 1 is 1.11 bits per heavy atom. The smallest absolute Gasteiger partial charge is 0.279 e. The molecule has 0 saturated carbocycles. The van der Waals surface area contributed by atoms with Crippen molar-refractivity contribution in [3.63, 3.8) is 0 Å². The first-order chi connectivity index (χ1) is 13.8. The molecule has 0 N–H and O–H groups in total. The molecule has 0 radical (unpaired) electrons. The van der Waals surface area contributed by atoms with Gasteiger partial charge < -0.3 is 0 Å². The van der Waals surface area contributed by atoms with Crippen molar-refractivity contribution in [2.45, 2.75) is 0 Å². The molecule has 4 aromatic rings. The number of benzene rings is 2. The van der Waals surface area contributed by atoms with Crippen molar-refractivity contribution >= 4 is 22.4 Å². The highest BCUT2D eigenvalue weighted by Gasteiger charge is 2.23. The SMILES string of the molecule is C=CCN(C(=O)c1cnn(-c2ccccc2)n1)c1nc(-c2ccccc2)cs1. The summed E-state index contributed by atoms with van der Waals surface area (Å²) in [4.78, 5) is 20.7. The number of amides is 1. The minimum Gasteiger partial charge on any atom is -0.279 e. The van der Waals surface area contributed by atoms with Crippen LogP contribution in [0.25, 0.3) is 16.9 Å². The molecule has 0 fully saturated rings. The minimum absolute atomic E-state index is 0.252. The van der Waals surface area contributed by atoms with Crippen molar-refractivity contribution in [1.29, 1.82) is 0 Å². The number of rotatable bonds is 6. The summed E-state index contributed by atoms with van der Waals surface area (Å²) in [5.74, 6) is -0.268. The molecule has 2 aromatic heterocycles. The van der Waals surface area contributed by atoms with Gasteiger partial charge in [-0.15, -0.1) is 23.0 Å². The molecule has 0 bridgehead atoms. The first-order valence-corrected chi connectivity index (χ1v) is 9.55. The standard InChI is InChI=1S/C21H17N5OS/c1-2-13-25(21-23-19(15-28-21)16-9-5-3-6-10-16)20(27)18-14-22-26(24-18)17-11-7-4-8-12-17/h2-12,14-15H,1,13H2. The molecule has 7 heteroatoms. The van der Waals surface area contributed by atoms with Gasteiger partial charge >= 0.3 is 0 Å². The number of hydrogen-bond acceptors (Lipinski definition) is 5. The molecule has 0 spiro atoms. The summed E-state index contributed by atoms with van der Waals surface area (Å²) in [6.07, 6.45) is 3.14. The second-order valence-corrected chi connectivity index (χ2v) is 6.78. The Morgan fingerprint density at radius 2 is 1.82 bits per heavy atom. The van der Waals surface area contributed by atoms with Crippen LogP contribution >= 0.6 is 11.3 Å². The van der Waals surface area contributed by atoms with E-state index in [0.717, 1.165) is 16.9 Å². The number of para-hydroxylation sites is 1. The van der Waals surface area contributed by atoms with Crippen LogP contribution in [0.4, 0.5) is 5.13 Å². The third kappa shape index (κ3) is 3.60. The van der Waals surface area contributed by atoms with Gasteiger partial charge in [-0.2, -0.15) is 9.90 Å². The maximum atomic E-state index is 13.1. The molecule has 4 rings (SSSR count). The average molecular weight is 387 g/mol. The van der Waals surface area contributed by atoms with Crippen LogP contribution in [0.1, 0.15) is 10.5 Å². The fraction of sp³-hybridized carbons (Fsp3) is 0.0476. The van der Waals surface area contributed by atoms with Gasteiger partial charge in [-0.05, 0) is 12.1 Å². The van der Waals surface area contributed by atoms with E-state index < -0.39 is 0 Å². The molecular weight excluding hydrogens is 370 g/mol. The number of anilines is 1. The number of thiazole rings is 1. The number of carbonyl (C=O) groups is 1. The number of nitrogens with zero attached hydrogens (tertiary/aromatic N) is 5. The fourth-order valence-corrected chi connectivity index (χ4v) is 3.53. The van der Waals surface area contributed by atoms with E-state index in [-0.39, 0.29) is 11.6 Å². The van der Waals surface area contributed by atoms with Gasteiger partial charge in [-0.1, -0.05) is 54.6 Å². The summed E-state index contributed by atoms with van der Waals surface area (Å²) in [6, 6.07) is 19.3. The zero-order chi connectivity index (χ0) is 19.3. The summed E-state index contributed by atoms with van der Waals surface area (Å²) in [7, 11) is 0. The lowest BCUT2D eigenvalue weighted by Gasteiger charge is -2.16. The average Bonchev–Trinajstić information content (AvgIpc) is 3.43. The van der Waals surface area contributed by atoms with Crippen LogP contribution in [0.15, 0.2) is 84.9 Å². The second-order valence-electron chi connectivity index (χ2n) is 5.94. The number of aromatic nitrogens is 4. The van der Waals surface area contributed by atoms with Crippen molar-refractivity contribution in [2.75, 3.05) is 11.4 Å². The quantitative estimate of drug-likeness (QED) is 0.465. The van der Waals surface area contributed by atoms with E-state index in [2.05, 4.69) is 21.8 Å². The zero-order valence-corrected chi connectivity index (χ0v) is 15.8. The van der Waals surface area contributed by atoms with Crippen molar-refractivity contribution in [1.82, 2.24) is 20.0 Å². The Morgan fingerprint density at radius 3 is 2.54 bits per heavy atom. The van der Waals surface area contributed by atoms with Gasteiger partial charge in [0.2, 0.25) is 0 Å². The maximum Gasteiger partial charge on any atom is 0.282 e. The second kappa shape index (κ2) is 7.98. The van der Waals surface area contributed by atoms with E-state index in [4.69, 9.17) is 0 Å². The molecule has 6 nitrogen and oxygen atoms in total. The van der Waals surface area contributed by atoms with Gasteiger partial charge in [0, 0.05) is 17.5 Å². The molecule has 2 aromatic carbocycles. The van der Waals surface area contributed by atoms with Crippen LogP contribution in [-0.2, 0) is 0 Å². The minimum atomic E-state index is -0.268. The lowest BCUT2D eigenvalue weighted by molar-refractivity contribution is 0.0984. The predicted molar refractivity (Wildman–Crippen MR) is 111 cm³/mol. The molecule has 0 aliphatic carbocycles. The summed E-state index contributed by atoms with van der Waals surface area (Å²) in [6.45, 7) is 4.09. The Balaban J connectivity index is 1.62. The van der Waals surface area contributed by atoms with E-state index in [9.17, 15) is 4.79 Å². The van der Waals surface area contributed by atoms with Gasteiger partial charge in [0.15, 0.2) is 10.8 Å². The lowest BCUT2D eigenvalue weighted by Crippen LogP contribution is -2.31. The normalized spacial score (nSPS) is 10.6. The van der Waals surface area contributed by atoms with Gasteiger partial charge in [0.25, 0.3) is 5.91 Å².